The highest BCUT2D eigenvalue weighted by molar-refractivity contribution is 5.65. The second-order valence-corrected chi connectivity index (χ2v) is 10.00. The van der Waals surface area contributed by atoms with Crippen LogP contribution in [0.1, 0.15) is 161 Å². The summed E-state index contributed by atoms with van der Waals surface area (Å²) < 4.78 is 0. The van der Waals surface area contributed by atoms with Crippen molar-refractivity contribution in [2.75, 3.05) is 0 Å². The Labute approximate surface area is 202 Å². The highest BCUT2D eigenvalue weighted by atomic mass is 14.1. The molecule has 0 unspecified atom stereocenters. The Hall–Kier alpha value is -1.04. The van der Waals surface area contributed by atoms with E-state index in [-0.39, 0.29) is 0 Å². The summed E-state index contributed by atoms with van der Waals surface area (Å²) in [7, 11) is 0. The zero-order chi connectivity index (χ0) is 23.0. The van der Waals surface area contributed by atoms with Crippen molar-refractivity contribution < 1.29 is 0 Å². The summed E-state index contributed by atoms with van der Waals surface area (Å²) in [5, 5.41) is 0. The Morgan fingerprint density at radius 2 is 0.906 bits per heavy atom. The minimum Gasteiger partial charge on any atom is -0.0807 e. The third kappa shape index (κ3) is 17.5. The molecular formula is C32H56. The predicted octanol–water partition coefficient (Wildman–Crippen LogP) is 11.7. The average Bonchev–Trinajstić information content (AvgIpc) is 2.83. The second-order valence-electron chi connectivity index (χ2n) is 10.00. The molecule has 0 radical (unpaired) electrons. The van der Waals surface area contributed by atoms with Gasteiger partial charge in [-0.25, -0.2) is 0 Å². The van der Waals surface area contributed by atoms with E-state index in [4.69, 9.17) is 0 Å². The SMILES string of the molecule is CCCCCCCCCCCCCCCCCCCCC=C(CCCC)c1ccccc1. The molecular weight excluding hydrogens is 384 g/mol. The number of unbranched alkanes of at least 4 members (excludes halogenated alkanes) is 19. The summed E-state index contributed by atoms with van der Waals surface area (Å²) in [6.07, 6.45) is 33.7. The third-order valence-corrected chi connectivity index (χ3v) is 6.89. The lowest BCUT2D eigenvalue weighted by molar-refractivity contribution is 0.525. The molecule has 0 aliphatic carbocycles. The van der Waals surface area contributed by atoms with E-state index >= 15 is 0 Å². The fourth-order valence-electron chi connectivity index (χ4n) is 4.71. The Balaban J connectivity index is 1.88. The van der Waals surface area contributed by atoms with Crippen molar-refractivity contribution in [3.05, 3.63) is 42.0 Å². The maximum atomic E-state index is 2.53. The second kappa shape index (κ2) is 23.1. The molecule has 0 spiro atoms. The van der Waals surface area contributed by atoms with E-state index in [0.29, 0.717) is 0 Å². The van der Waals surface area contributed by atoms with Crippen molar-refractivity contribution in [2.45, 2.75) is 155 Å². The first-order chi connectivity index (χ1) is 15.9. The van der Waals surface area contributed by atoms with Crippen LogP contribution in [0.25, 0.3) is 5.57 Å². The predicted molar refractivity (Wildman–Crippen MR) is 147 cm³/mol. The van der Waals surface area contributed by atoms with Crippen LogP contribution in [0.2, 0.25) is 0 Å². The summed E-state index contributed by atoms with van der Waals surface area (Å²) in [6, 6.07) is 11.0. The summed E-state index contributed by atoms with van der Waals surface area (Å²) in [5.41, 5.74) is 3.00. The lowest BCUT2D eigenvalue weighted by Gasteiger charge is -2.08. The molecule has 0 saturated heterocycles. The van der Waals surface area contributed by atoms with E-state index in [9.17, 15) is 0 Å². The van der Waals surface area contributed by atoms with Crippen LogP contribution < -0.4 is 0 Å². The van der Waals surface area contributed by atoms with Crippen LogP contribution in [0, 0.1) is 0 Å². The topological polar surface area (TPSA) is 0 Å². The van der Waals surface area contributed by atoms with Gasteiger partial charge in [-0.1, -0.05) is 166 Å². The van der Waals surface area contributed by atoms with Crippen molar-refractivity contribution in [3.63, 3.8) is 0 Å². The minimum atomic E-state index is 1.24. The van der Waals surface area contributed by atoms with Gasteiger partial charge in [0.15, 0.2) is 0 Å². The van der Waals surface area contributed by atoms with E-state index < -0.39 is 0 Å². The Kier molecular flexibility index (Phi) is 21.0. The van der Waals surface area contributed by atoms with Crippen molar-refractivity contribution in [2.24, 2.45) is 0 Å². The molecule has 0 fully saturated rings. The molecule has 0 aromatic heterocycles. The standard InChI is InChI=1S/C32H56/c1-3-5-7-8-9-10-11-12-13-14-15-16-17-18-19-20-21-22-24-28-31(27-6-4-2)32-29-25-23-26-30-32/h23,25-26,28-30H,3-22,24,27H2,1-2H3. The summed E-state index contributed by atoms with van der Waals surface area (Å²) in [4.78, 5) is 0. The van der Waals surface area contributed by atoms with Crippen LogP contribution >= 0.6 is 0 Å². The number of hydrogen-bond acceptors (Lipinski definition) is 0. The van der Waals surface area contributed by atoms with E-state index in [1.165, 1.54) is 147 Å². The first kappa shape index (κ1) is 29.0. The van der Waals surface area contributed by atoms with Gasteiger partial charge >= 0.3 is 0 Å². The molecule has 1 rings (SSSR count). The maximum absolute atomic E-state index is 2.53. The first-order valence-corrected chi connectivity index (χ1v) is 14.6. The Morgan fingerprint density at radius 3 is 1.34 bits per heavy atom. The van der Waals surface area contributed by atoms with Gasteiger partial charge in [-0.3, -0.25) is 0 Å². The number of hydrogen-bond donors (Lipinski definition) is 0. The molecule has 0 atom stereocenters. The molecule has 0 aliphatic rings. The van der Waals surface area contributed by atoms with Crippen LogP contribution in [0.15, 0.2) is 36.4 Å². The lowest BCUT2D eigenvalue weighted by atomic mass is 9.98. The number of allylic oxidation sites excluding steroid dienone is 2. The van der Waals surface area contributed by atoms with Gasteiger partial charge in [-0.2, -0.15) is 0 Å². The lowest BCUT2D eigenvalue weighted by Crippen LogP contribution is -1.86. The van der Waals surface area contributed by atoms with Gasteiger partial charge in [0.25, 0.3) is 0 Å². The average molecular weight is 441 g/mol. The molecule has 0 nitrogen and oxygen atoms in total. The largest absolute Gasteiger partial charge is 0.0807 e. The molecule has 0 heteroatoms. The Bertz CT molecular complexity index is 512. The highest BCUT2D eigenvalue weighted by Crippen LogP contribution is 2.22. The molecule has 0 N–H and O–H groups in total. The molecule has 0 heterocycles. The summed E-state index contributed by atoms with van der Waals surface area (Å²) in [5.74, 6) is 0. The van der Waals surface area contributed by atoms with Crippen molar-refractivity contribution in [1.82, 2.24) is 0 Å². The van der Waals surface area contributed by atoms with Gasteiger partial charge in [-0.15, -0.1) is 0 Å². The maximum Gasteiger partial charge on any atom is -0.0228 e. The minimum absolute atomic E-state index is 1.24. The molecule has 1 aromatic rings. The molecule has 32 heavy (non-hydrogen) atoms. The first-order valence-electron chi connectivity index (χ1n) is 14.6. The van der Waals surface area contributed by atoms with Crippen LogP contribution in [0.5, 0.6) is 0 Å². The van der Waals surface area contributed by atoms with Gasteiger partial charge in [-0.05, 0) is 36.8 Å². The molecule has 184 valence electrons. The van der Waals surface area contributed by atoms with Gasteiger partial charge in [0.2, 0.25) is 0 Å². The van der Waals surface area contributed by atoms with E-state index in [1.807, 2.05) is 0 Å². The highest BCUT2D eigenvalue weighted by Gasteiger charge is 2.00. The van der Waals surface area contributed by atoms with Gasteiger partial charge in [0.05, 0.1) is 0 Å². The smallest absolute Gasteiger partial charge is 0.0228 e. The van der Waals surface area contributed by atoms with Crippen LogP contribution in [0.4, 0.5) is 0 Å². The number of rotatable bonds is 23. The van der Waals surface area contributed by atoms with Crippen LogP contribution in [-0.2, 0) is 0 Å². The monoisotopic (exact) mass is 440 g/mol. The number of benzene rings is 1. The summed E-state index contributed by atoms with van der Waals surface area (Å²) in [6.45, 7) is 4.59. The van der Waals surface area contributed by atoms with Crippen molar-refractivity contribution >= 4 is 5.57 Å². The van der Waals surface area contributed by atoms with E-state index in [0.717, 1.165) is 0 Å². The van der Waals surface area contributed by atoms with Gasteiger partial charge in [0, 0.05) is 0 Å². The van der Waals surface area contributed by atoms with Crippen LogP contribution in [-0.4, -0.2) is 0 Å². The van der Waals surface area contributed by atoms with Gasteiger partial charge < -0.3 is 0 Å². The van der Waals surface area contributed by atoms with Crippen LogP contribution in [0.3, 0.4) is 0 Å². The van der Waals surface area contributed by atoms with Crippen molar-refractivity contribution in [3.8, 4) is 0 Å². The molecule has 0 bridgehead atoms. The van der Waals surface area contributed by atoms with E-state index in [1.54, 1.807) is 5.57 Å². The quantitative estimate of drug-likeness (QED) is 0.148. The van der Waals surface area contributed by atoms with Gasteiger partial charge in [0.1, 0.15) is 0 Å². The fraction of sp³-hybridized carbons (Fsp3) is 0.750. The Morgan fingerprint density at radius 1 is 0.500 bits per heavy atom. The normalized spacial score (nSPS) is 11.9. The fourth-order valence-corrected chi connectivity index (χ4v) is 4.71. The van der Waals surface area contributed by atoms with Crippen molar-refractivity contribution in [1.29, 1.82) is 0 Å². The summed E-state index contributed by atoms with van der Waals surface area (Å²) >= 11 is 0. The third-order valence-electron chi connectivity index (χ3n) is 6.89. The zero-order valence-electron chi connectivity index (χ0n) is 22.0. The zero-order valence-corrected chi connectivity index (χ0v) is 22.0. The molecule has 0 aliphatic heterocycles. The molecule has 0 amide bonds. The van der Waals surface area contributed by atoms with E-state index in [2.05, 4.69) is 50.3 Å². The molecule has 1 aromatic carbocycles. The molecule has 0 saturated carbocycles.